The summed E-state index contributed by atoms with van der Waals surface area (Å²) in [5, 5.41) is 0. The van der Waals surface area contributed by atoms with Gasteiger partial charge < -0.3 is 4.90 Å². The first-order chi connectivity index (χ1) is 9.99. The Labute approximate surface area is 126 Å². The molecular formula is C18H24FNO. The van der Waals surface area contributed by atoms with E-state index in [0.29, 0.717) is 13.1 Å². The summed E-state index contributed by atoms with van der Waals surface area (Å²) < 4.78 is 13.6. The van der Waals surface area contributed by atoms with Crippen LogP contribution in [0.25, 0.3) is 0 Å². The molecule has 0 spiro atoms. The van der Waals surface area contributed by atoms with Crippen LogP contribution in [0.1, 0.15) is 45.1 Å². The summed E-state index contributed by atoms with van der Waals surface area (Å²) in [6, 6.07) is 6.55. The average Bonchev–Trinajstić information content (AvgIpc) is 2.94. The predicted octanol–water partition coefficient (Wildman–Crippen LogP) is 4.06. The molecule has 2 rings (SSSR count). The molecule has 0 radical (unpaired) electrons. The quantitative estimate of drug-likeness (QED) is 0.748. The molecule has 2 nitrogen and oxygen atoms in total. The second-order valence-corrected chi connectivity index (χ2v) is 6.08. The van der Waals surface area contributed by atoms with Crippen molar-refractivity contribution in [2.75, 3.05) is 13.1 Å². The Bertz CT molecular complexity index is 532. The SMILES string of the molecule is C=C(C)CN(CC)C(=O)C1(c2cccc(F)c2)CCCC1. The lowest BCUT2D eigenvalue weighted by Gasteiger charge is -2.34. The fraction of sp³-hybridized carbons (Fsp3) is 0.500. The molecule has 0 aliphatic heterocycles. The Morgan fingerprint density at radius 1 is 1.38 bits per heavy atom. The maximum absolute atomic E-state index is 13.6. The number of hydrogen-bond donors (Lipinski definition) is 0. The Morgan fingerprint density at radius 2 is 2.05 bits per heavy atom. The second-order valence-electron chi connectivity index (χ2n) is 6.08. The van der Waals surface area contributed by atoms with Crippen LogP contribution in [0.2, 0.25) is 0 Å². The van der Waals surface area contributed by atoms with E-state index < -0.39 is 5.41 Å². The van der Waals surface area contributed by atoms with Crippen molar-refractivity contribution in [3.8, 4) is 0 Å². The average molecular weight is 289 g/mol. The zero-order valence-electron chi connectivity index (χ0n) is 13.0. The number of hydrogen-bond acceptors (Lipinski definition) is 1. The van der Waals surface area contributed by atoms with Crippen LogP contribution in [-0.4, -0.2) is 23.9 Å². The van der Waals surface area contributed by atoms with Gasteiger partial charge in [0.05, 0.1) is 5.41 Å². The zero-order valence-corrected chi connectivity index (χ0v) is 13.0. The van der Waals surface area contributed by atoms with E-state index in [9.17, 15) is 9.18 Å². The molecule has 1 fully saturated rings. The topological polar surface area (TPSA) is 20.3 Å². The standard InChI is InChI=1S/C18H24FNO/c1-4-20(13-14(2)3)17(21)18(10-5-6-11-18)15-8-7-9-16(19)12-15/h7-9,12H,2,4-6,10-11,13H2,1,3H3. The number of likely N-dealkylation sites (N-methyl/N-ethyl adjacent to an activating group) is 1. The van der Waals surface area contributed by atoms with Crippen LogP contribution in [0.3, 0.4) is 0 Å². The third-order valence-electron chi connectivity index (χ3n) is 4.37. The van der Waals surface area contributed by atoms with E-state index in [1.54, 1.807) is 6.07 Å². The summed E-state index contributed by atoms with van der Waals surface area (Å²) in [6.07, 6.45) is 3.66. The molecule has 0 saturated heterocycles. The van der Waals surface area contributed by atoms with Gasteiger partial charge in [0.15, 0.2) is 0 Å². The van der Waals surface area contributed by atoms with E-state index >= 15 is 0 Å². The van der Waals surface area contributed by atoms with Crippen molar-refractivity contribution in [3.63, 3.8) is 0 Å². The zero-order chi connectivity index (χ0) is 15.5. The number of carbonyl (C=O) groups excluding carboxylic acids is 1. The summed E-state index contributed by atoms with van der Waals surface area (Å²) in [5.74, 6) is -0.148. The van der Waals surface area contributed by atoms with Crippen molar-refractivity contribution in [2.24, 2.45) is 0 Å². The fourth-order valence-corrected chi connectivity index (χ4v) is 3.35. The first-order valence-electron chi connectivity index (χ1n) is 7.69. The van der Waals surface area contributed by atoms with Crippen LogP contribution in [0, 0.1) is 5.82 Å². The summed E-state index contributed by atoms with van der Waals surface area (Å²) in [6.45, 7) is 9.05. The molecule has 0 aromatic heterocycles. The molecule has 21 heavy (non-hydrogen) atoms. The van der Waals surface area contributed by atoms with Gasteiger partial charge in [0.25, 0.3) is 0 Å². The minimum atomic E-state index is -0.548. The molecule has 0 bridgehead atoms. The number of halogens is 1. The Hall–Kier alpha value is -1.64. The van der Waals surface area contributed by atoms with Crippen molar-refractivity contribution in [1.29, 1.82) is 0 Å². The Kier molecular flexibility index (Phi) is 4.81. The molecule has 1 aliphatic carbocycles. The van der Waals surface area contributed by atoms with Gasteiger partial charge in [0, 0.05) is 13.1 Å². The molecule has 1 aliphatic rings. The van der Waals surface area contributed by atoms with Crippen molar-refractivity contribution < 1.29 is 9.18 Å². The van der Waals surface area contributed by atoms with Gasteiger partial charge in [-0.05, 0) is 44.4 Å². The summed E-state index contributed by atoms with van der Waals surface area (Å²) in [5.41, 5.74) is 1.25. The van der Waals surface area contributed by atoms with Gasteiger partial charge in [-0.25, -0.2) is 4.39 Å². The van der Waals surface area contributed by atoms with Gasteiger partial charge in [0.2, 0.25) is 5.91 Å². The molecule has 1 aromatic rings. The molecule has 0 heterocycles. The lowest BCUT2D eigenvalue weighted by atomic mass is 9.77. The number of carbonyl (C=O) groups is 1. The molecule has 0 atom stereocenters. The Balaban J connectivity index is 2.37. The van der Waals surface area contributed by atoms with Crippen LogP contribution in [0.5, 0.6) is 0 Å². The van der Waals surface area contributed by atoms with Crippen molar-refractivity contribution in [3.05, 3.63) is 47.8 Å². The molecule has 1 saturated carbocycles. The van der Waals surface area contributed by atoms with Crippen LogP contribution in [0.15, 0.2) is 36.4 Å². The van der Waals surface area contributed by atoms with Crippen molar-refractivity contribution in [1.82, 2.24) is 4.90 Å². The summed E-state index contributed by atoms with van der Waals surface area (Å²) >= 11 is 0. The highest BCUT2D eigenvalue weighted by Crippen LogP contribution is 2.42. The van der Waals surface area contributed by atoms with Gasteiger partial charge in [-0.3, -0.25) is 4.79 Å². The molecule has 0 unspecified atom stereocenters. The maximum atomic E-state index is 13.6. The molecule has 114 valence electrons. The molecule has 0 N–H and O–H groups in total. The first kappa shape index (κ1) is 15.7. The second kappa shape index (κ2) is 6.42. The third kappa shape index (κ3) is 3.17. The minimum absolute atomic E-state index is 0.121. The van der Waals surface area contributed by atoms with Gasteiger partial charge in [-0.1, -0.05) is 37.1 Å². The smallest absolute Gasteiger partial charge is 0.233 e. The predicted molar refractivity (Wildman–Crippen MR) is 83.6 cm³/mol. The normalized spacial score (nSPS) is 16.7. The van der Waals surface area contributed by atoms with Gasteiger partial charge in [-0.2, -0.15) is 0 Å². The lowest BCUT2D eigenvalue weighted by molar-refractivity contribution is -0.136. The minimum Gasteiger partial charge on any atom is -0.338 e. The lowest BCUT2D eigenvalue weighted by Crippen LogP contribution is -2.46. The number of nitrogens with zero attached hydrogens (tertiary/aromatic N) is 1. The van der Waals surface area contributed by atoms with Crippen LogP contribution < -0.4 is 0 Å². The van der Waals surface area contributed by atoms with Crippen molar-refractivity contribution in [2.45, 2.75) is 44.9 Å². The molecule has 3 heteroatoms. The van der Waals surface area contributed by atoms with Gasteiger partial charge >= 0.3 is 0 Å². The maximum Gasteiger partial charge on any atom is 0.233 e. The molecular weight excluding hydrogens is 265 g/mol. The van der Waals surface area contributed by atoms with E-state index in [0.717, 1.165) is 36.8 Å². The highest BCUT2D eigenvalue weighted by atomic mass is 19.1. The first-order valence-corrected chi connectivity index (χ1v) is 7.69. The third-order valence-corrected chi connectivity index (χ3v) is 4.37. The van der Waals surface area contributed by atoms with Gasteiger partial charge in [-0.15, -0.1) is 0 Å². The van der Waals surface area contributed by atoms with Crippen LogP contribution in [-0.2, 0) is 10.2 Å². The van der Waals surface area contributed by atoms with E-state index in [2.05, 4.69) is 6.58 Å². The Morgan fingerprint density at radius 3 is 2.57 bits per heavy atom. The summed E-state index contributed by atoms with van der Waals surface area (Å²) in [4.78, 5) is 15.0. The van der Waals surface area contributed by atoms with Crippen LogP contribution >= 0.6 is 0 Å². The molecule has 1 amide bonds. The monoisotopic (exact) mass is 289 g/mol. The molecule has 1 aromatic carbocycles. The van der Waals surface area contributed by atoms with Gasteiger partial charge in [0.1, 0.15) is 5.82 Å². The number of rotatable bonds is 5. The summed E-state index contributed by atoms with van der Waals surface area (Å²) in [7, 11) is 0. The van der Waals surface area contributed by atoms with E-state index in [1.807, 2.05) is 24.8 Å². The van der Waals surface area contributed by atoms with E-state index in [-0.39, 0.29) is 11.7 Å². The largest absolute Gasteiger partial charge is 0.338 e. The number of benzene rings is 1. The van der Waals surface area contributed by atoms with Crippen molar-refractivity contribution >= 4 is 5.91 Å². The van der Waals surface area contributed by atoms with E-state index in [1.165, 1.54) is 12.1 Å². The highest BCUT2D eigenvalue weighted by molar-refractivity contribution is 5.88. The van der Waals surface area contributed by atoms with Crippen LogP contribution in [0.4, 0.5) is 4.39 Å². The highest BCUT2D eigenvalue weighted by Gasteiger charge is 2.44. The fourth-order valence-electron chi connectivity index (χ4n) is 3.35. The van der Waals surface area contributed by atoms with E-state index in [4.69, 9.17) is 0 Å². The number of amides is 1.